The highest BCUT2D eigenvalue weighted by molar-refractivity contribution is 5.43. The second-order valence-electron chi connectivity index (χ2n) is 4.44. The van der Waals surface area contributed by atoms with Crippen molar-refractivity contribution < 1.29 is 9.47 Å². The maximum Gasteiger partial charge on any atom is 0.160 e. The summed E-state index contributed by atoms with van der Waals surface area (Å²) in [6.45, 7) is 4.26. The highest BCUT2D eigenvalue weighted by Gasteiger charge is 2.21. The molecule has 0 spiro atoms. The molecule has 0 amide bonds. The minimum atomic E-state index is -0.125. The summed E-state index contributed by atoms with van der Waals surface area (Å²) < 4.78 is 10.5. The van der Waals surface area contributed by atoms with E-state index in [-0.39, 0.29) is 5.54 Å². The summed E-state index contributed by atoms with van der Waals surface area (Å²) in [6.07, 6.45) is 2.80. The van der Waals surface area contributed by atoms with Gasteiger partial charge in [0.25, 0.3) is 0 Å². The van der Waals surface area contributed by atoms with Gasteiger partial charge in [-0.25, -0.2) is 0 Å². The summed E-state index contributed by atoms with van der Waals surface area (Å²) in [6, 6.07) is 5.99. The van der Waals surface area contributed by atoms with Crippen molar-refractivity contribution in [2.45, 2.75) is 38.6 Å². The van der Waals surface area contributed by atoms with Crippen LogP contribution in [0.15, 0.2) is 18.2 Å². The van der Waals surface area contributed by atoms with Crippen molar-refractivity contribution in [3.05, 3.63) is 23.8 Å². The molecule has 0 bridgehead atoms. The van der Waals surface area contributed by atoms with Crippen LogP contribution in [-0.4, -0.2) is 19.8 Å². The predicted octanol–water partition coefficient (Wildman–Crippen LogP) is 2.76. The highest BCUT2D eigenvalue weighted by Crippen LogP contribution is 2.29. The minimum absolute atomic E-state index is 0.125. The first-order chi connectivity index (χ1) is 8.08. The molecule has 0 heterocycles. The Kier molecular flexibility index (Phi) is 4.82. The van der Waals surface area contributed by atoms with Crippen molar-refractivity contribution in [1.29, 1.82) is 0 Å². The van der Waals surface area contributed by atoms with Gasteiger partial charge in [-0.05, 0) is 37.0 Å². The fraction of sp³-hybridized carbons (Fsp3) is 0.571. The van der Waals surface area contributed by atoms with Crippen molar-refractivity contribution in [2.75, 3.05) is 14.2 Å². The van der Waals surface area contributed by atoms with Crippen LogP contribution >= 0.6 is 0 Å². The Morgan fingerprint density at radius 3 is 2.12 bits per heavy atom. The van der Waals surface area contributed by atoms with Gasteiger partial charge in [-0.3, -0.25) is 0 Å². The van der Waals surface area contributed by atoms with Gasteiger partial charge in [0.1, 0.15) is 0 Å². The summed E-state index contributed by atoms with van der Waals surface area (Å²) >= 11 is 0. The van der Waals surface area contributed by atoms with Gasteiger partial charge >= 0.3 is 0 Å². The quantitative estimate of drug-likeness (QED) is 0.827. The van der Waals surface area contributed by atoms with Crippen LogP contribution in [0.1, 0.15) is 32.3 Å². The van der Waals surface area contributed by atoms with Crippen molar-refractivity contribution >= 4 is 0 Å². The average molecular weight is 237 g/mol. The van der Waals surface area contributed by atoms with E-state index in [2.05, 4.69) is 13.8 Å². The molecule has 17 heavy (non-hydrogen) atoms. The van der Waals surface area contributed by atoms with Gasteiger partial charge in [-0.15, -0.1) is 0 Å². The smallest absolute Gasteiger partial charge is 0.160 e. The molecule has 0 aliphatic heterocycles. The molecule has 0 fully saturated rings. The van der Waals surface area contributed by atoms with Gasteiger partial charge < -0.3 is 15.2 Å². The number of benzene rings is 1. The maximum absolute atomic E-state index is 6.32. The SMILES string of the molecule is CCC(N)(CC)Cc1ccc(OC)c(OC)c1. The van der Waals surface area contributed by atoms with Crippen molar-refractivity contribution in [2.24, 2.45) is 5.73 Å². The van der Waals surface area contributed by atoms with E-state index < -0.39 is 0 Å². The van der Waals surface area contributed by atoms with Crippen molar-refractivity contribution in [3.8, 4) is 11.5 Å². The van der Waals surface area contributed by atoms with Gasteiger partial charge in [-0.2, -0.15) is 0 Å². The lowest BCUT2D eigenvalue weighted by molar-refractivity contribution is 0.352. The molecule has 2 N–H and O–H groups in total. The van der Waals surface area contributed by atoms with Gasteiger partial charge in [0, 0.05) is 5.54 Å². The number of methoxy groups -OCH3 is 2. The van der Waals surface area contributed by atoms with E-state index in [0.717, 1.165) is 30.8 Å². The monoisotopic (exact) mass is 237 g/mol. The molecular weight excluding hydrogens is 214 g/mol. The van der Waals surface area contributed by atoms with Gasteiger partial charge in [-0.1, -0.05) is 19.9 Å². The van der Waals surface area contributed by atoms with Crippen LogP contribution in [0.5, 0.6) is 11.5 Å². The summed E-state index contributed by atoms with van der Waals surface area (Å²) in [5.41, 5.74) is 7.38. The molecule has 1 aromatic rings. The number of hydrogen-bond acceptors (Lipinski definition) is 3. The van der Waals surface area contributed by atoms with Gasteiger partial charge in [0.2, 0.25) is 0 Å². The van der Waals surface area contributed by atoms with Crippen LogP contribution in [0, 0.1) is 0 Å². The summed E-state index contributed by atoms with van der Waals surface area (Å²) in [7, 11) is 3.29. The molecule has 0 aliphatic rings. The largest absolute Gasteiger partial charge is 0.493 e. The molecule has 0 aliphatic carbocycles. The molecule has 1 rings (SSSR count). The van der Waals surface area contributed by atoms with Gasteiger partial charge in [0.05, 0.1) is 14.2 Å². The van der Waals surface area contributed by atoms with Crippen molar-refractivity contribution in [1.82, 2.24) is 0 Å². The zero-order valence-electron chi connectivity index (χ0n) is 11.2. The second kappa shape index (κ2) is 5.92. The van der Waals surface area contributed by atoms with Crippen LogP contribution in [-0.2, 0) is 6.42 Å². The van der Waals surface area contributed by atoms with E-state index >= 15 is 0 Å². The summed E-state index contributed by atoms with van der Waals surface area (Å²) in [4.78, 5) is 0. The molecule has 0 radical (unpaired) electrons. The molecule has 96 valence electrons. The zero-order valence-corrected chi connectivity index (χ0v) is 11.2. The molecule has 3 nitrogen and oxygen atoms in total. The minimum Gasteiger partial charge on any atom is -0.493 e. The predicted molar refractivity (Wildman–Crippen MR) is 70.8 cm³/mol. The van der Waals surface area contributed by atoms with E-state index in [0.29, 0.717) is 0 Å². The van der Waals surface area contributed by atoms with Crippen molar-refractivity contribution in [3.63, 3.8) is 0 Å². The standard InChI is InChI=1S/C14H23NO2/c1-5-14(15,6-2)10-11-7-8-12(16-3)13(9-11)17-4/h7-9H,5-6,10,15H2,1-4H3. The van der Waals surface area contributed by atoms with Gasteiger partial charge in [0.15, 0.2) is 11.5 Å². The zero-order chi connectivity index (χ0) is 12.9. The second-order valence-corrected chi connectivity index (χ2v) is 4.44. The van der Waals surface area contributed by atoms with E-state index in [4.69, 9.17) is 15.2 Å². The molecule has 0 atom stereocenters. The fourth-order valence-electron chi connectivity index (χ4n) is 1.90. The lowest BCUT2D eigenvalue weighted by Gasteiger charge is -2.27. The molecule has 0 unspecified atom stereocenters. The lowest BCUT2D eigenvalue weighted by Crippen LogP contribution is -2.40. The highest BCUT2D eigenvalue weighted by atomic mass is 16.5. The molecular formula is C14H23NO2. The van der Waals surface area contributed by atoms with E-state index in [1.807, 2.05) is 18.2 Å². The Labute approximate surface area is 104 Å². The molecule has 0 aromatic heterocycles. The molecule has 1 aromatic carbocycles. The van der Waals surface area contributed by atoms with Crippen LogP contribution in [0.4, 0.5) is 0 Å². The first-order valence-electron chi connectivity index (χ1n) is 6.08. The Morgan fingerprint density at radius 2 is 1.65 bits per heavy atom. The van der Waals surface area contributed by atoms with E-state index in [9.17, 15) is 0 Å². The third-order valence-electron chi connectivity index (χ3n) is 3.41. The van der Waals surface area contributed by atoms with E-state index in [1.165, 1.54) is 5.56 Å². The fourth-order valence-corrected chi connectivity index (χ4v) is 1.90. The number of hydrogen-bond donors (Lipinski definition) is 1. The first kappa shape index (κ1) is 13.8. The third-order valence-corrected chi connectivity index (χ3v) is 3.41. The third kappa shape index (κ3) is 3.37. The normalized spacial score (nSPS) is 11.4. The van der Waals surface area contributed by atoms with Crippen LogP contribution in [0.3, 0.4) is 0 Å². The number of rotatable bonds is 6. The Balaban J connectivity index is 2.93. The first-order valence-corrected chi connectivity index (χ1v) is 6.08. The van der Waals surface area contributed by atoms with Crippen LogP contribution in [0.2, 0.25) is 0 Å². The van der Waals surface area contributed by atoms with Crippen LogP contribution < -0.4 is 15.2 Å². The number of ether oxygens (including phenoxy) is 2. The molecule has 0 saturated carbocycles. The molecule has 0 saturated heterocycles. The Morgan fingerprint density at radius 1 is 1.06 bits per heavy atom. The Bertz CT molecular complexity index is 359. The molecule has 3 heteroatoms. The maximum atomic E-state index is 6.32. The number of nitrogens with two attached hydrogens (primary N) is 1. The lowest BCUT2D eigenvalue weighted by atomic mass is 9.87. The average Bonchev–Trinajstić information content (AvgIpc) is 2.38. The van der Waals surface area contributed by atoms with Crippen LogP contribution in [0.25, 0.3) is 0 Å². The Hall–Kier alpha value is -1.22. The topological polar surface area (TPSA) is 44.5 Å². The summed E-state index contributed by atoms with van der Waals surface area (Å²) in [5.74, 6) is 1.52. The van der Waals surface area contributed by atoms with E-state index in [1.54, 1.807) is 14.2 Å². The summed E-state index contributed by atoms with van der Waals surface area (Å²) in [5, 5.41) is 0.